The van der Waals surface area contributed by atoms with Crippen LogP contribution in [0.5, 0.6) is 0 Å². The number of rotatable bonds is 3. The molecule has 7 heteroatoms. The van der Waals surface area contributed by atoms with Crippen LogP contribution in [0.2, 0.25) is 0 Å². The van der Waals surface area contributed by atoms with Gasteiger partial charge in [0.15, 0.2) is 0 Å². The van der Waals surface area contributed by atoms with Gasteiger partial charge in [-0.1, -0.05) is 6.92 Å². The van der Waals surface area contributed by atoms with Gasteiger partial charge in [0.25, 0.3) is 0 Å². The van der Waals surface area contributed by atoms with Gasteiger partial charge in [-0.15, -0.1) is 0 Å². The molecule has 1 unspecified atom stereocenters. The van der Waals surface area contributed by atoms with Crippen molar-refractivity contribution in [2.75, 3.05) is 31.9 Å². The second kappa shape index (κ2) is 4.21. The normalized spacial score (nSPS) is 26.7. The highest BCUT2D eigenvalue weighted by Gasteiger charge is 2.38. The Bertz CT molecular complexity index is 381. The minimum atomic E-state index is -3.12. The lowest BCUT2D eigenvalue weighted by Gasteiger charge is -2.35. The third-order valence-corrected chi connectivity index (χ3v) is 5.09. The molecule has 0 aromatic carbocycles. The summed E-state index contributed by atoms with van der Waals surface area (Å²) in [6.07, 6.45) is 0.629. The van der Waals surface area contributed by atoms with Crippen LogP contribution < -0.4 is 5.32 Å². The van der Waals surface area contributed by atoms with E-state index in [9.17, 15) is 13.2 Å². The second-order valence-electron chi connectivity index (χ2n) is 4.21. The Morgan fingerprint density at radius 3 is 2.88 bits per heavy atom. The van der Waals surface area contributed by atoms with Crippen molar-refractivity contribution in [2.24, 2.45) is 0 Å². The van der Waals surface area contributed by atoms with Gasteiger partial charge in [0.05, 0.1) is 11.8 Å². The van der Waals surface area contributed by atoms with Crippen molar-refractivity contribution < 1.29 is 13.2 Å². The molecular weight excluding hydrogens is 230 g/mol. The largest absolute Gasteiger partial charge is 0.336 e. The first-order chi connectivity index (χ1) is 7.54. The number of nitrogens with one attached hydrogen (secondary N) is 1. The number of hydrogen-bond donors (Lipinski definition) is 1. The van der Waals surface area contributed by atoms with E-state index in [0.717, 1.165) is 0 Å². The smallest absolute Gasteiger partial charge is 0.317 e. The third kappa shape index (κ3) is 2.01. The molecule has 0 aliphatic carbocycles. The Labute approximate surface area is 95.6 Å². The molecule has 0 bridgehead atoms. The van der Waals surface area contributed by atoms with E-state index < -0.39 is 10.0 Å². The lowest BCUT2D eigenvalue weighted by molar-refractivity contribution is 0.164. The number of urea groups is 1. The maximum Gasteiger partial charge on any atom is 0.317 e. The number of nitrogens with zero attached hydrogens (tertiary/aromatic N) is 2. The first-order valence-electron chi connectivity index (χ1n) is 5.57. The maximum absolute atomic E-state index is 11.9. The van der Waals surface area contributed by atoms with Crippen molar-refractivity contribution in [1.29, 1.82) is 0 Å². The SMILES string of the molecule is CCCS(=O)(=O)N1CCN2C(=O)NCC2C1. The Morgan fingerprint density at radius 1 is 1.44 bits per heavy atom. The molecule has 2 rings (SSSR count). The number of sulfonamides is 1. The fraction of sp³-hybridized carbons (Fsp3) is 0.889. The van der Waals surface area contributed by atoms with Crippen LogP contribution in [0.15, 0.2) is 0 Å². The van der Waals surface area contributed by atoms with Gasteiger partial charge < -0.3 is 10.2 Å². The van der Waals surface area contributed by atoms with Crippen LogP contribution in [0, 0.1) is 0 Å². The van der Waals surface area contributed by atoms with Gasteiger partial charge in [-0.3, -0.25) is 0 Å². The molecule has 0 radical (unpaired) electrons. The zero-order valence-corrected chi connectivity index (χ0v) is 10.2. The summed E-state index contributed by atoms with van der Waals surface area (Å²) < 4.78 is 25.2. The lowest BCUT2D eigenvalue weighted by Crippen LogP contribution is -2.54. The fourth-order valence-electron chi connectivity index (χ4n) is 2.22. The van der Waals surface area contributed by atoms with E-state index in [-0.39, 0.29) is 17.8 Å². The molecule has 6 nitrogen and oxygen atoms in total. The molecule has 2 amide bonds. The summed E-state index contributed by atoms with van der Waals surface area (Å²) in [6, 6.07) is -0.0644. The lowest BCUT2D eigenvalue weighted by atomic mass is 10.2. The molecule has 0 aromatic heterocycles. The van der Waals surface area contributed by atoms with Crippen LogP contribution in [0.1, 0.15) is 13.3 Å². The minimum absolute atomic E-state index is 0.00730. The van der Waals surface area contributed by atoms with Crippen molar-refractivity contribution in [3.05, 3.63) is 0 Å². The van der Waals surface area contributed by atoms with Crippen molar-refractivity contribution in [1.82, 2.24) is 14.5 Å². The maximum atomic E-state index is 11.9. The molecule has 2 aliphatic rings. The van der Waals surface area contributed by atoms with E-state index in [1.165, 1.54) is 4.31 Å². The first kappa shape index (κ1) is 11.7. The van der Waals surface area contributed by atoms with Crippen molar-refractivity contribution in [2.45, 2.75) is 19.4 Å². The summed E-state index contributed by atoms with van der Waals surface area (Å²) in [5, 5.41) is 2.73. The standard InChI is InChI=1S/C9H17N3O3S/c1-2-5-16(14,15)11-3-4-12-8(7-11)6-10-9(12)13/h8H,2-7H2,1H3,(H,10,13). The van der Waals surface area contributed by atoms with E-state index in [1.54, 1.807) is 4.90 Å². The number of carbonyl (C=O) groups excluding carboxylic acids is 1. The molecule has 0 saturated carbocycles. The quantitative estimate of drug-likeness (QED) is 0.726. The summed E-state index contributed by atoms with van der Waals surface area (Å²) in [6.45, 7) is 3.76. The van der Waals surface area contributed by atoms with Crippen LogP contribution in [0.25, 0.3) is 0 Å². The molecule has 2 fully saturated rings. The number of hydrogen-bond acceptors (Lipinski definition) is 3. The fourth-order valence-corrected chi connectivity index (χ4v) is 3.75. The molecule has 2 saturated heterocycles. The number of carbonyl (C=O) groups is 1. The van der Waals surface area contributed by atoms with Gasteiger partial charge in [-0.25, -0.2) is 13.2 Å². The third-order valence-electron chi connectivity index (χ3n) is 3.05. The summed E-state index contributed by atoms with van der Waals surface area (Å²) in [5.41, 5.74) is 0. The van der Waals surface area contributed by atoms with Crippen molar-refractivity contribution in [3.63, 3.8) is 0 Å². The zero-order chi connectivity index (χ0) is 11.8. The highest BCUT2D eigenvalue weighted by Crippen LogP contribution is 2.17. The monoisotopic (exact) mass is 247 g/mol. The molecule has 0 aromatic rings. The van der Waals surface area contributed by atoms with Gasteiger partial charge in [0.1, 0.15) is 0 Å². The van der Waals surface area contributed by atoms with Gasteiger partial charge in [0, 0.05) is 26.2 Å². The van der Waals surface area contributed by atoms with Crippen LogP contribution in [0.4, 0.5) is 4.79 Å². The molecule has 1 atom stereocenters. The van der Waals surface area contributed by atoms with E-state index in [0.29, 0.717) is 32.6 Å². The first-order valence-corrected chi connectivity index (χ1v) is 7.18. The molecular formula is C9H17N3O3S. The van der Waals surface area contributed by atoms with Crippen LogP contribution in [0.3, 0.4) is 0 Å². The van der Waals surface area contributed by atoms with Crippen LogP contribution >= 0.6 is 0 Å². The molecule has 16 heavy (non-hydrogen) atoms. The zero-order valence-electron chi connectivity index (χ0n) is 9.35. The van der Waals surface area contributed by atoms with Gasteiger partial charge in [-0.2, -0.15) is 4.31 Å². The highest BCUT2D eigenvalue weighted by molar-refractivity contribution is 7.89. The summed E-state index contributed by atoms with van der Waals surface area (Å²) in [5.74, 6) is 0.196. The van der Waals surface area contributed by atoms with Crippen molar-refractivity contribution >= 4 is 16.1 Å². The Morgan fingerprint density at radius 2 is 2.19 bits per heavy atom. The Balaban J connectivity index is 2.04. The molecule has 2 heterocycles. The molecule has 1 N–H and O–H groups in total. The van der Waals surface area contributed by atoms with Crippen molar-refractivity contribution in [3.8, 4) is 0 Å². The summed E-state index contributed by atoms with van der Waals surface area (Å²) in [7, 11) is -3.12. The van der Waals surface area contributed by atoms with Crippen LogP contribution in [-0.4, -0.2) is 61.6 Å². The topological polar surface area (TPSA) is 69.7 Å². The predicted molar refractivity (Wildman–Crippen MR) is 59.5 cm³/mol. The molecule has 0 spiro atoms. The van der Waals surface area contributed by atoms with E-state index >= 15 is 0 Å². The molecule has 2 aliphatic heterocycles. The average molecular weight is 247 g/mol. The van der Waals surface area contributed by atoms with Crippen LogP contribution in [-0.2, 0) is 10.0 Å². The summed E-state index contributed by atoms with van der Waals surface area (Å²) >= 11 is 0. The van der Waals surface area contributed by atoms with Gasteiger partial charge >= 0.3 is 6.03 Å². The Hall–Kier alpha value is -0.820. The number of piperazine rings is 1. The van der Waals surface area contributed by atoms with Gasteiger partial charge in [0.2, 0.25) is 10.0 Å². The van der Waals surface area contributed by atoms with Gasteiger partial charge in [-0.05, 0) is 6.42 Å². The minimum Gasteiger partial charge on any atom is -0.336 e. The number of fused-ring (bicyclic) bond motifs is 1. The highest BCUT2D eigenvalue weighted by atomic mass is 32.2. The van der Waals surface area contributed by atoms with E-state index in [1.807, 2.05) is 6.92 Å². The summed E-state index contributed by atoms with van der Waals surface area (Å²) in [4.78, 5) is 13.1. The second-order valence-corrected chi connectivity index (χ2v) is 6.30. The number of amides is 2. The van der Waals surface area contributed by atoms with E-state index in [2.05, 4.69) is 5.32 Å². The predicted octanol–water partition coefficient (Wildman–Crippen LogP) is -0.564. The molecule has 92 valence electrons. The average Bonchev–Trinajstić information content (AvgIpc) is 2.60. The Kier molecular flexibility index (Phi) is 3.07. The van der Waals surface area contributed by atoms with E-state index in [4.69, 9.17) is 0 Å².